The van der Waals surface area contributed by atoms with Crippen molar-refractivity contribution in [2.75, 3.05) is 19.5 Å². The van der Waals surface area contributed by atoms with Crippen molar-refractivity contribution in [2.24, 2.45) is 16.9 Å². The topological polar surface area (TPSA) is 87.6 Å². The minimum atomic E-state index is -0.830. The zero-order chi connectivity index (χ0) is 32.4. The summed E-state index contributed by atoms with van der Waals surface area (Å²) in [5, 5.41) is 0. The first kappa shape index (κ1) is 36.2. The number of carbonyl (C=O) groups is 1. The summed E-state index contributed by atoms with van der Waals surface area (Å²) in [6, 6.07) is 13.6. The molecular formula is C38H58N2O3S. The van der Waals surface area contributed by atoms with Crippen LogP contribution < -0.4 is 16.2 Å². The number of aryl methyl sites for hydroxylation is 2. The molecular weight excluding hydrogens is 564 g/mol. The molecule has 44 heavy (non-hydrogen) atoms. The van der Waals surface area contributed by atoms with E-state index in [9.17, 15) is 4.79 Å². The Morgan fingerprint density at radius 2 is 1.66 bits per heavy atom. The Labute approximate surface area is 271 Å². The Morgan fingerprint density at radius 1 is 0.909 bits per heavy atom. The Morgan fingerprint density at radius 3 is 2.36 bits per heavy atom. The van der Waals surface area contributed by atoms with Crippen molar-refractivity contribution in [2.45, 2.75) is 128 Å². The quantitative estimate of drug-likeness (QED) is 0.104. The summed E-state index contributed by atoms with van der Waals surface area (Å²) >= 11 is 1.86. The first-order valence-corrected chi connectivity index (χ1v) is 17.9. The molecule has 244 valence electrons. The number of benzene rings is 2. The second-order valence-electron chi connectivity index (χ2n) is 14.1. The van der Waals surface area contributed by atoms with Crippen molar-refractivity contribution in [1.82, 2.24) is 0 Å². The van der Waals surface area contributed by atoms with E-state index in [0.29, 0.717) is 19.6 Å². The fraction of sp³-hybridized carbons (Fsp3) is 0.605. The lowest BCUT2D eigenvalue weighted by Crippen LogP contribution is -2.59. The van der Waals surface area contributed by atoms with Gasteiger partial charge in [-0.1, -0.05) is 44.0 Å². The maximum Gasteiger partial charge on any atom is 0.313 e. The normalized spacial score (nSPS) is 15.2. The van der Waals surface area contributed by atoms with Gasteiger partial charge in [-0.05, 0) is 145 Å². The van der Waals surface area contributed by atoms with Crippen LogP contribution >= 0.6 is 11.8 Å². The van der Waals surface area contributed by atoms with E-state index in [2.05, 4.69) is 55.7 Å². The zero-order valence-corrected chi connectivity index (χ0v) is 29.3. The van der Waals surface area contributed by atoms with Crippen LogP contribution in [0.25, 0.3) is 11.6 Å². The van der Waals surface area contributed by atoms with E-state index in [1.807, 2.05) is 46.4 Å². The second kappa shape index (κ2) is 16.3. The first-order chi connectivity index (χ1) is 20.8. The molecule has 0 aromatic heterocycles. The van der Waals surface area contributed by atoms with Crippen molar-refractivity contribution in [3.8, 4) is 5.75 Å². The molecule has 0 saturated heterocycles. The molecule has 2 aromatic carbocycles. The average molecular weight is 623 g/mol. The van der Waals surface area contributed by atoms with Gasteiger partial charge in [0, 0.05) is 16.0 Å². The van der Waals surface area contributed by atoms with Crippen LogP contribution in [0.1, 0.15) is 122 Å². The summed E-state index contributed by atoms with van der Waals surface area (Å²) in [6.45, 7) is 12.7. The number of fused-ring (bicyclic) bond motifs is 1. The van der Waals surface area contributed by atoms with Gasteiger partial charge in [-0.25, -0.2) is 0 Å². The molecule has 0 bridgehead atoms. The molecule has 0 spiro atoms. The van der Waals surface area contributed by atoms with Crippen LogP contribution in [0.5, 0.6) is 5.75 Å². The van der Waals surface area contributed by atoms with Gasteiger partial charge >= 0.3 is 5.97 Å². The summed E-state index contributed by atoms with van der Waals surface area (Å²) in [6.07, 6.45) is 16.0. The molecule has 1 unspecified atom stereocenters. The highest BCUT2D eigenvalue weighted by atomic mass is 32.2. The van der Waals surface area contributed by atoms with Crippen molar-refractivity contribution >= 4 is 29.4 Å². The fourth-order valence-electron chi connectivity index (χ4n) is 6.02. The van der Waals surface area contributed by atoms with Crippen LogP contribution in [-0.2, 0) is 22.4 Å². The highest BCUT2D eigenvalue weighted by Crippen LogP contribution is 2.37. The third-order valence-corrected chi connectivity index (χ3v) is 9.85. The van der Waals surface area contributed by atoms with Gasteiger partial charge in [0.2, 0.25) is 0 Å². The average Bonchev–Trinajstić information content (AvgIpc) is 3.17. The van der Waals surface area contributed by atoms with Crippen LogP contribution in [0.4, 0.5) is 0 Å². The summed E-state index contributed by atoms with van der Waals surface area (Å²) in [4.78, 5) is 14.2. The first-order valence-electron chi connectivity index (χ1n) is 16.7. The van der Waals surface area contributed by atoms with Crippen LogP contribution in [0.3, 0.4) is 0 Å². The number of thioether (sulfide) groups is 1. The van der Waals surface area contributed by atoms with Gasteiger partial charge in [-0.15, -0.1) is 11.8 Å². The Balaban J connectivity index is 1.48. The number of nitrogens with two attached hydrogens (primary N) is 2. The Bertz CT molecular complexity index is 1260. The lowest BCUT2D eigenvalue weighted by atomic mass is 9.68. The van der Waals surface area contributed by atoms with Gasteiger partial charge in [-0.3, -0.25) is 4.79 Å². The summed E-state index contributed by atoms with van der Waals surface area (Å²) < 4.78 is 11.7. The van der Waals surface area contributed by atoms with Gasteiger partial charge in [-0.2, -0.15) is 0 Å². The summed E-state index contributed by atoms with van der Waals surface area (Å²) in [7, 11) is 0. The smallest absolute Gasteiger partial charge is 0.313 e. The molecule has 1 aliphatic rings. The molecule has 0 fully saturated rings. The van der Waals surface area contributed by atoms with E-state index in [-0.39, 0.29) is 5.97 Å². The molecule has 4 N–H and O–H groups in total. The molecule has 3 rings (SSSR count). The molecule has 0 heterocycles. The molecule has 0 radical (unpaired) electrons. The van der Waals surface area contributed by atoms with Crippen molar-refractivity contribution in [3.63, 3.8) is 0 Å². The van der Waals surface area contributed by atoms with E-state index in [1.54, 1.807) is 0 Å². The van der Waals surface area contributed by atoms with Gasteiger partial charge < -0.3 is 20.9 Å². The molecule has 0 amide bonds. The molecule has 0 saturated carbocycles. The monoisotopic (exact) mass is 622 g/mol. The Hall–Kier alpha value is -2.28. The van der Waals surface area contributed by atoms with Gasteiger partial charge in [0.15, 0.2) is 0 Å². The lowest BCUT2D eigenvalue weighted by molar-refractivity contribution is -0.158. The SMILES string of the molecule is CCCCCc1ccc(C2=Cc3ccc(OCCCCCOC(=O)C(C)(C)C(C)(N)CC(C)(C)N)cc3CCC2)c(SC)c1. The van der Waals surface area contributed by atoms with E-state index in [1.165, 1.54) is 58.4 Å². The molecule has 0 aliphatic heterocycles. The predicted octanol–water partition coefficient (Wildman–Crippen LogP) is 8.98. The lowest BCUT2D eigenvalue weighted by Gasteiger charge is -2.42. The zero-order valence-electron chi connectivity index (χ0n) is 28.5. The maximum absolute atomic E-state index is 12.8. The fourth-order valence-corrected chi connectivity index (χ4v) is 6.71. The van der Waals surface area contributed by atoms with Gasteiger partial charge in [0.05, 0.1) is 18.6 Å². The molecule has 5 nitrogen and oxygen atoms in total. The van der Waals surface area contributed by atoms with E-state index < -0.39 is 16.5 Å². The van der Waals surface area contributed by atoms with Crippen molar-refractivity contribution < 1.29 is 14.3 Å². The number of rotatable bonds is 17. The molecule has 2 aromatic rings. The number of ether oxygens (including phenoxy) is 2. The largest absolute Gasteiger partial charge is 0.494 e. The molecule has 6 heteroatoms. The van der Waals surface area contributed by atoms with E-state index in [4.69, 9.17) is 20.9 Å². The number of unbranched alkanes of at least 4 members (excludes halogenated alkanes) is 4. The number of hydrogen-bond acceptors (Lipinski definition) is 6. The van der Waals surface area contributed by atoms with E-state index >= 15 is 0 Å². The number of hydrogen-bond donors (Lipinski definition) is 2. The predicted molar refractivity (Wildman–Crippen MR) is 188 cm³/mol. The summed E-state index contributed by atoms with van der Waals surface area (Å²) in [5.74, 6) is 0.661. The number of carbonyl (C=O) groups excluding carboxylic acids is 1. The Kier molecular flexibility index (Phi) is 13.4. The third-order valence-electron chi connectivity index (χ3n) is 9.07. The van der Waals surface area contributed by atoms with E-state index in [0.717, 1.165) is 44.3 Å². The van der Waals surface area contributed by atoms with Crippen LogP contribution in [-0.4, -0.2) is 36.5 Å². The van der Waals surface area contributed by atoms with Crippen molar-refractivity contribution in [3.05, 3.63) is 58.7 Å². The second-order valence-corrected chi connectivity index (χ2v) is 15.0. The number of allylic oxidation sites excluding steroid dienone is 1. The minimum absolute atomic E-state index is 0.269. The number of esters is 1. The van der Waals surface area contributed by atoms with Gasteiger partial charge in [0.1, 0.15) is 5.75 Å². The highest BCUT2D eigenvalue weighted by molar-refractivity contribution is 7.98. The minimum Gasteiger partial charge on any atom is -0.494 e. The third kappa shape index (κ3) is 10.4. The van der Waals surface area contributed by atoms with Crippen LogP contribution in [0.15, 0.2) is 41.3 Å². The standard InChI is InChI=1S/C38H58N2O3S/c1-8-9-11-15-28-18-21-33(34(24-28)44-7)31-17-14-16-29-26-32(20-19-30(29)25-31)42-22-12-10-13-23-43-35(41)37(4,5)38(6,40)27-36(2,3)39/h18-21,24-26H,8-17,22-23,27,39-40H2,1-7H3. The van der Waals surface area contributed by atoms with Gasteiger partial charge in [0.25, 0.3) is 0 Å². The summed E-state index contributed by atoms with van der Waals surface area (Å²) in [5.41, 5.74) is 17.6. The molecule has 1 atom stereocenters. The highest BCUT2D eigenvalue weighted by Gasteiger charge is 2.47. The van der Waals surface area contributed by atoms with Crippen LogP contribution in [0.2, 0.25) is 0 Å². The van der Waals surface area contributed by atoms with Crippen LogP contribution in [0, 0.1) is 5.41 Å². The van der Waals surface area contributed by atoms with Crippen molar-refractivity contribution in [1.29, 1.82) is 0 Å². The maximum atomic E-state index is 12.8. The molecule has 1 aliphatic carbocycles.